The molecule has 0 saturated heterocycles. The molecule has 16 heavy (non-hydrogen) atoms. The third-order valence-corrected chi connectivity index (χ3v) is 2.70. The highest BCUT2D eigenvalue weighted by atomic mass is 32.1. The Morgan fingerprint density at radius 1 is 1.12 bits per heavy atom. The zero-order chi connectivity index (χ0) is 12.2. The van der Waals surface area contributed by atoms with Crippen molar-refractivity contribution in [1.82, 2.24) is 5.32 Å². The molecule has 0 fully saturated rings. The summed E-state index contributed by atoms with van der Waals surface area (Å²) in [6.07, 6.45) is 1.06. The Balaban J connectivity index is 3.07. The SMILES string of the molecule is CCCOCCOCCNCC(=S)C(C)C. The highest BCUT2D eigenvalue weighted by Gasteiger charge is 2.00. The van der Waals surface area contributed by atoms with Crippen LogP contribution < -0.4 is 5.32 Å². The topological polar surface area (TPSA) is 30.5 Å². The average molecular weight is 247 g/mol. The van der Waals surface area contributed by atoms with Crippen LogP contribution in [0.25, 0.3) is 0 Å². The normalized spacial score (nSPS) is 11.0. The maximum Gasteiger partial charge on any atom is 0.0701 e. The van der Waals surface area contributed by atoms with Crippen LogP contribution in [0, 0.1) is 5.92 Å². The fourth-order valence-electron chi connectivity index (χ4n) is 1.03. The van der Waals surface area contributed by atoms with Crippen molar-refractivity contribution in [2.24, 2.45) is 5.92 Å². The summed E-state index contributed by atoms with van der Waals surface area (Å²) >= 11 is 5.20. The predicted molar refractivity (Wildman–Crippen MR) is 72.2 cm³/mol. The smallest absolute Gasteiger partial charge is 0.0701 e. The molecule has 0 heterocycles. The number of ether oxygens (including phenoxy) is 2. The Labute approximate surface area is 105 Å². The standard InChI is InChI=1S/C12H25NO2S/c1-4-6-14-8-9-15-7-5-13-10-12(16)11(2)3/h11,13H,4-10H2,1-3H3. The van der Waals surface area contributed by atoms with Gasteiger partial charge in [0.15, 0.2) is 0 Å². The van der Waals surface area contributed by atoms with Crippen LogP contribution in [0.15, 0.2) is 0 Å². The molecule has 0 spiro atoms. The van der Waals surface area contributed by atoms with Gasteiger partial charge in [0.1, 0.15) is 0 Å². The molecule has 0 unspecified atom stereocenters. The molecule has 0 aromatic heterocycles. The second-order valence-corrected chi connectivity index (χ2v) is 4.55. The van der Waals surface area contributed by atoms with Gasteiger partial charge >= 0.3 is 0 Å². The zero-order valence-corrected chi connectivity index (χ0v) is 11.6. The average Bonchev–Trinajstić information content (AvgIpc) is 2.26. The van der Waals surface area contributed by atoms with Gasteiger partial charge in [-0.1, -0.05) is 33.0 Å². The molecule has 0 aliphatic carbocycles. The highest BCUT2D eigenvalue weighted by Crippen LogP contribution is 1.94. The van der Waals surface area contributed by atoms with E-state index in [-0.39, 0.29) is 0 Å². The quantitative estimate of drug-likeness (QED) is 0.447. The number of hydrogen-bond donors (Lipinski definition) is 1. The van der Waals surface area contributed by atoms with Crippen LogP contribution in [-0.2, 0) is 9.47 Å². The van der Waals surface area contributed by atoms with Crippen LogP contribution in [0.4, 0.5) is 0 Å². The molecule has 4 heteroatoms. The van der Waals surface area contributed by atoms with Gasteiger partial charge < -0.3 is 14.8 Å². The molecule has 0 aromatic rings. The van der Waals surface area contributed by atoms with Crippen LogP contribution in [0.3, 0.4) is 0 Å². The van der Waals surface area contributed by atoms with E-state index in [1.54, 1.807) is 0 Å². The predicted octanol–water partition coefficient (Wildman–Crippen LogP) is 2.05. The Hall–Kier alpha value is -0.0300. The van der Waals surface area contributed by atoms with Gasteiger partial charge in [0, 0.05) is 24.6 Å². The number of rotatable bonds is 11. The van der Waals surface area contributed by atoms with Crippen molar-refractivity contribution in [3.63, 3.8) is 0 Å². The van der Waals surface area contributed by atoms with Crippen molar-refractivity contribution < 1.29 is 9.47 Å². The molecule has 0 aromatic carbocycles. The molecular weight excluding hydrogens is 222 g/mol. The molecule has 0 rings (SSSR count). The van der Waals surface area contributed by atoms with Gasteiger partial charge in [-0.15, -0.1) is 0 Å². The molecule has 1 N–H and O–H groups in total. The van der Waals surface area contributed by atoms with Crippen LogP contribution >= 0.6 is 12.2 Å². The van der Waals surface area contributed by atoms with Crippen LogP contribution in [0.2, 0.25) is 0 Å². The third-order valence-electron chi connectivity index (χ3n) is 2.09. The lowest BCUT2D eigenvalue weighted by Crippen LogP contribution is -2.28. The summed E-state index contributed by atoms with van der Waals surface area (Å²) in [6.45, 7) is 10.9. The largest absolute Gasteiger partial charge is 0.379 e. The van der Waals surface area contributed by atoms with E-state index in [9.17, 15) is 0 Å². The number of thiocarbonyl (C=S) groups is 1. The minimum Gasteiger partial charge on any atom is -0.379 e. The van der Waals surface area contributed by atoms with Crippen LogP contribution in [0.5, 0.6) is 0 Å². The summed E-state index contributed by atoms with van der Waals surface area (Å²) < 4.78 is 10.7. The van der Waals surface area contributed by atoms with Gasteiger partial charge in [-0.25, -0.2) is 0 Å². The molecule has 0 amide bonds. The molecule has 3 nitrogen and oxygen atoms in total. The van der Waals surface area contributed by atoms with Gasteiger partial charge in [-0.2, -0.15) is 0 Å². The minimum atomic E-state index is 0.478. The first-order valence-corrected chi connectivity index (χ1v) is 6.48. The van der Waals surface area contributed by atoms with Crippen LogP contribution in [-0.4, -0.2) is 44.4 Å². The molecular formula is C12H25NO2S. The van der Waals surface area contributed by atoms with Crippen molar-refractivity contribution >= 4 is 17.1 Å². The molecule has 96 valence electrons. The van der Waals surface area contributed by atoms with E-state index in [0.29, 0.717) is 19.1 Å². The van der Waals surface area contributed by atoms with Gasteiger partial charge in [-0.05, 0) is 12.3 Å². The van der Waals surface area contributed by atoms with Crippen molar-refractivity contribution in [3.05, 3.63) is 0 Å². The molecule has 0 aliphatic rings. The van der Waals surface area contributed by atoms with E-state index in [2.05, 4.69) is 26.1 Å². The first-order chi connectivity index (χ1) is 7.68. The van der Waals surface area contributed by atoms with E-state index in [1.165, 1.54) is 0 Å². The Morgan fingerprint density at radius 2 is 1.75 bits per heavy atom. The van der Waals surface area contributed by atoms with E-state index in [1.807, 2.05) is 0 Å². The maximum absolute atomic E-state index is 5.39. The van der Waals surface area contributed by atoms with Gasteiger partial charge in [-0.3, -0.25) is 0 Å². The second kappa shape index (κ2) is 11.5. The Kier molecular flexibility index (Phi) is 11.4. The molecule has 0 aliphatic heterocycles. The van der Waals surface area contributed by atoms with Crippen molar-refractivity contribution in [3.8, 4) is 0 Å². The maximum atomic E-state index is 5.39. The molecule has 0 bridgehead atoms. The molecule has 0 radical (unpaired) electrons. The van der Waals surface area contributed by atoms with Gasteiger partial charge in [0.05, 0.1) is 19.8 Å². The molecule has 0 saturated carbocycles. The first-order valence-electron chi connectivity index (χ1n) is 6.07. The fraction of sp³-hybridized carbons (Fsp3) is 0.917. The van der Waals surface area contributed by atoms with E-state index < -0.39 is 0 Å². The third kappa shape index (κ3) is 10.5. The Bertz CT molecular complexity index is 174. The minimum absolute atomic E-state index is 0.478. The molecule has 0 atom stereocenters. The Morgan fingerprint density at radius 3 is 2.31 bits per heavy atom. The fourth-order valence-corrected chi connectivity index (χ4v) is 1.13. The lowest BCUT2D eigenvalue weighted by atomic mass is 10.1. The monoisotopic (exact) mass is 247 g/mol. The van der Waals surface area contributed by atoms with Gasteiger partial charge in [0.25, 0.3) is 0 Å². The van der Waals surface area contributed by atoms with E-state index in [4.69, 9.17) is 21.7 Å². The summed E-state index contributed by atoms with van der Waals surface area (Å²) in [5.41, 5.74) is 0. The van der Waals surface area contributed by atoms with E-state index in [0.717, 1.165) is 37.6 Å². The van der Waals surface area contributed by atoms with Crippen molar-refractivity contribution in [2.45, 2.75) is 27.2 Å². The lowest BCUT2D eigenvalue weighted by Gasteiger charge is -2.09. The summed E-state index contributed by atoms with van der Waals surface area (Å²) in [7, 11) is 0. The lowest BCUT2D eigenvalue weighted by molar-refractivity contribution is 0.0494. The summed E-state index contributed by atoms with van der Waals surface area (Å²) in [4.78, 5) is 1.08. The van der Waals surface area contributed by atoms with Crippen LogP contribution in [0.1, 0.15) is 27.2 Å². The van der Waals surface area contributed by atoms with E-state index >= 15 is 0 Å². The zero-order valence-electron chi connectivity index (χ0n) is 10.8. The summed E-state index contributed by atoms with van der Waals surface area (Å²) in [5, 5.41) is 3.26. The number of nitrogens with one attached hydrogen (secondary N) is 1. The summed E-state index contributed by atoms with van der Waals surface area (Å²) in [5.74, 6) is 0.478. The highest BCUT2D eigenvalue weighted by molar-refractivity contribution is 7.80. The van der Waals surface area contributed by atoms with Crippen molar-refractivity contribution in [1.29, 1.82) is 0 Å². The van der Waals surface area contributed by atoms with Gasteiger partial charge in [0.2, 0.25) is 0 Å². The van der Waals surface area contributed by atoms with Crippen molar-refractivity contribution in [2.75, 3.05) is 39.5 Å². The second-order valence-electron chi connectivity index (χ2n) is 4.02. The summed E-state index contributed by atoms with van der Waals surface area (Å²) in [6, 6.07) is 0. The first kappa shape index (κ1) is 16.0. The number of hydrogen-bond acceptors (Lipinski definition) is 4.